The fourth-order valence-electron chi connectivity index (χ4n) is 10.7. The maximum Gasteiger partial charge on any atom is 0.472 e. The van der Waals surface area contributed by atoms with E-state index >= 15 is 0 Å². The Morgan fingerprint density at radius 3 is 0.830 bits per heavy atom. The standard InChI is InChI=1S/C81H144O17P2/c1-5-9-13-17-21-25-29-33-36-37-40-42-46-50-54-58-62-66-79(84)92-72-77(98-81(86)68-64-60-56-52-48-44-39-35-31-27-23-19-15-11-7-3)74-96-100(89,90)94-70-75(82)69-93-99(87,88)95-73-76(71-91-78(83)65-61-57-53-49-45-41-32-28-24-20-16-12-8-4)97-80(85)67-63-59-55-51-47-43-38-34-30-26-22-18-14-10-6-2/h21,25-26,28,30,32-33,35-36,39-40,42,50,54,75-77,82H,5-20,22-24,27,29,31,34,37-38,41,43-49,51-53,55-74H2,1-4H3,(H,87,88)(H,89,90)/b25-21-,30-26-,32-28-,36-33-,39-35-,42-40-,54-50-/t75-,76+,77+/m0/s1. The average molecular weight is 1450 g/mol. The minimum atomic E-state index is -4.99. The quantitative estimate of drug-likeness (QED) is 0.0169. The van der Waals surface area contributed by atoms with Gasteiger partial charge in [0, 0.05) is 25.7 Å². The lowest BCUT2D eigenvalue weighted by atomic mass is 10.1. The van der Waals surface area contributed by atoms with E-state index in [9.17, 15) is 43.2 Å². The Bertz CT molecular complexity index is 2230. The van der Waals surface area contributed by atoms with E-state index in [1.165, 1.54) is 109 Å². The highest BCUT2D eigenvalue weighted by Crippen LogP contribution is 2.45. The van der Waals surface area contributed by atoms with Crippen molar-refractivity contribution in [2.45, 2.75) is 367 Å². The number of phosphoric ester groups is 2. The van der Waals surface area contributed by atoms with E-state index in [0.717, 1.165) is 154 Å². The van der Waals surface area contributed by atoms with E-state index in [1.54, 1.807) is 0 Å². The Balaban J connectivity index is 5.40. The fourth-order valence-corrected chi connectivity index (χ4v) is 12.2. The van der Waals surface area contributed by atoms with Crippen LogP contribution in [0.15, 0.2) is 85.1 Å². The molecule has 2 unspecified atom stereocenters. The Hall–Kier alpha value is -3.76. The zero-order chi connectivity index (χ0) is 73.2. The number of ether oxygens (including phenoxy) is 4. The van der Waals surface area contributed by atoms with Crippen molar-refractivity contribution in [3.63, 3.8) is 0 Å². The number of rotatable bonds is 75. The van der Waals surface area contributed by atoms with Crippen LogP contribution in [0, 0.1) is 0 Å². The molecule has 0 radical (unpaired) electrons. The summed E-state index contributed by atoms with van der Waals surface area (Å²) in [6.07, 6.45) is 75.7. The summed E-state index contributed by atoms with van der Waals surface area (Å²) in [6.45, 7) is 4.77. The molecule has 0 rings (SSSR count). The lowest BCUT2D eigenvalue weighted by molar-refractivity contribution is -0.161. The maximum absolute atomic E-state index is 13.1. The molecule has 0 aliphatic carbocycles. The van der Waals surface area contributed by atoms with Crippen molar-refractivity contribution in [3.8, 4) is 0 Å². The molecule has 100 heavy (non-hydrogen) atoms. The Labute approximate surface area is 608 Å². The van der Waals surface area contributed by atoms with Crippen LogP contribution in [0.3, 0.4) is 0 Å². The molecule has 0 saturated carbocycles. The van der Waals surface area contributed by atoms with Gasteiger partial charge in [-0.15, -0.1) is 0 Å². The summed E-state index contributed by atoms with van der Waals surface area (Å²) in [4.78, 5) is 72.9. The normalized spacial score (nSPS) is 14.3. The Kier molecular flexibility index (Phi) is 70.8. The van der Waals surface area contributed by atoms with Crippen molar-refractivity contribution >= 4 is 39.5 Å². The second-order valence-corrected chi connectivity index (χ2v) is 29.5. The first-order valence-electron chi connectivity index (χ1n) is 39.8. The van der Waals surface area contributed by atoms with E-state index in [1.807, 2.05) is 12.2 Å². The first kappa shape index (κ1) is 96.2. The second kappa shape index (κ2) is 73.5. The molecule has 0 aliphatic heterocycles. The third-order valence-corrected chi connectivity index (χ3v) is 18.7. The molecule has 5 atom stereocenters. The van der Waals surface area contributed by atoms with Gasteiger partial charge in [0.25, 0.3) is 0 Å². The molecule has 580 valence electrons. The summed E-state index contributed by atoms with van der Waals surface area (Å²) >= 11 is 0. The predicted molar refractivity (Wildman–Crippen MR) is 409 cm³/mol. The van der Waals surface area contributed by atoms with Crippen molar-refractivity contribution in [3.05, 3.63) is 85.1 Å². The van der Waals surface area contributed by atoms with Gasteiger partial charge in [0.2, 0.25) is 0 Å². The lowest BCUT2D eigenvalue weighted by Crippen LogP contribution is -2.30. The molecule has 17 nitrogen and oxygen atoms in total. The van der Waals surface area contributed by atoms with Crippen molar-refractivity contribution in [2.24, 2.45) is 0 Å². The van der Waals surface area contributed by atoms with Gasteiger partial charge in [-0.25, -0.2) is 9.13 Å². The number of unbranched alkanes of at least 4 members (excludes halogenated alkanes) is 35. The van der Waals surface area contributed by atoms with Crippen molar-refractivity contribution in [2.75, 3.05) is 39.6 Å². The number of carbonyl (C=O) groups is 4. The lowest BCUT2D eigenvalue weighted by Gasteiger charge is -2.21. The SMILES string of the molecule is CCCCC/C=C\C/C=C\C/C=C\C/C=C\CCCC(=O)OC[C@H](COP(=O)(O)OC[C@@H](O)COP(=O)(O)OC[C@@H](COC(=O)CCCCCCC/C=C\CCCCCC)OC(=O)CCCCCCCCC/C=C\CCCCCC)OC(=O)CCCCCCC/C=C\CCCCCCCC. The van der Waals surface area contributed by atoms with Gasteiger partial charge < -0.3 is 33.8 Å². The van der Waals surface area contributed by atoms with Crippen LogP contribution in [-0.4, -0.2) is 96.7 Å². The number of aliphatic hydroxyl groups is 1. The first-order chi connectivity index (χ1) is 48.7. The number of carbonyl (C=O) groups excluding carboxylic acids is 4. The topological polar surface area (TPSA) is 237 Å². The van der Waals surface area contributed by atoms with Crippen LogP contribution in [-0.2, 0) is 65.4 Å². The molecule has 3 N–H and O–H groups in total. The highest BCUT2D eigenvalue weighted by atomic mass is 31.2. The molecule has 0 saturated heterocycles. The van der Waals surface area contributed by atoms with Gasteiger partial charge in [-0.2, -0.15) is 0 Å². The van der Waals surface area contributed by atoms with E-state index < -0.39 is 97.5 Å². The van der Waals surface area contributed by atoms with Gasteiger partial charge >= 0.3 is 39.5 Å². The summed E-state index contributed by atoms with van der Waals surface area (Å²) in [5.74, 6) is -2.24. The predicted octanol–water partition coefficient (Wildman–Crippen LogP) is 23.0. The molecule has 0 aromatic carbocycles. The third kappa shape index (κ3) is 72.6. The van der Waals surface area contributed by atoms with Crippen LogP contribution < -0.4 is 0 Å². The number of hydrogen-bond acceptors (Lipinski definition) is 15. The van der Waals surface area contributed by atoms with Crippen LogP contribution in [0.2, 0.25) is 0 Å². The summed E-state index contributed by atoms with van der Waals surface area (Å²) in [7, 11) is -9.96. The van der Waals surface area contributed by atoms with E-state index in [2.05, 4.69) is 101 Å². The molecule has 0 heterocycles. The second-order valence-electron chi connectivity index (χ2n) is 26.6. The van der Waals surface area contributed by atoms with Gasteiger partial charge in [-0.1, -0.05) is 267 Å². The van der Waals surface area contributed by atoms with Gasteiger partial charge in [0.15, 0.2) is 12.2 Å². The smallest absolute Gasteiger partial charge is 0.462 e. The number of allylic oxidation sites excluding steroid dienone is 14. The number of hydrogen-bond donors (Lipinski definition) is 3. The summed E-state index contributed by atoms with van der Waals surface area (Å²) in [5, 5.41) is 10.6. The van der Waals surface area contributed by atoms with E-state index in [-0.39, 0.29) is 25.7 Å². The number of aliphatic hydroxyl groups excluding tert-OH is 1. The van der Waals surface area contributed by atoms with E-state index in [0.29, 0.717) is 32.1 Å². The summed E-state index contributed by atoms with van der Waals surface area (Å²) in [6, 6.07) is 0. The van der Waals surface area contributed by atoms with Crippen LogP contribution in [0.1, 0.15) is 349 Å². The van der Waals surface area contributed by atoms with Gasteiger partial charge in [0.05, 0.1) is 26.4 Å². The molecule has 0 amide bonds. The number of esters is 4. The average Bonchev–Trinajstić information content (AvgIpc) is 0.945. The molecule has 0 aromatic rings. The van der Waals surface area contributed by atoms with Gasteiger partial charge in [0.1, 0.15) is 19.3 Å². The summed E-state index contributed by atoms with van der Waals surface area (Å²) < 4.78 is 68.5. The Morgan fingerprint density at radius 2 is 0.500 bits per heavy atom. The molecule has 0 bridgehead atoms. The zero-order valence-electron chi connectivity index (χ0n) is 63.4. The zero-order valence-corrected chi connectivity index (χ0v) is 65.2. The molecule has 0 aromatic heterocycles. The van der Waals surface area contributed by atoms with Crippen molar-refractivity contribution in [1.29, 1.82) is 0 Å². The molecule has 0 spiro atoms. The van der Waals surface area contributed by atoms with Gasteiger partial charge in [-0.3, -0.25) is 37.3 Å². The number of phosphoric acid groups is 2. The minimum absolute atomic E-state index is 0.0748. The summed E-state index contributed by atoms with van der Waals surface area (Å²) in [5.41, 5.74) is 0. The van der Waals surface area contributed by atoms with Crippen LogP contribution in [0.5, 0.6) is 0 Å². The highest BCUT2D eigenvalue weighted by molar-refractivity contribution is 7.47. The fraction of sp³-hybridized carbons (Fsp3) is 0.778. The van der Waals surface area contributed by atoms with Crippen LogP contribution in [0.25, 0.3) is 0 Å². The molecule has 0 fully saturated rings. The van der Waals surface area contributed by atoms with Crippen LogP contribution >= 0.6 is 15.6 Å². The third-order valence-electron chi connectivity index (χ3n) is 16.8. The van der Waals surface area contributed by atoms with Crippen molar-refractivity contribution in [1.82, 2.24) is 0 Å². The highest BCUT2D eigenvalue weighted by Gasteiger charge is 2.30. The minimum Gasteiger partial charge on any atom is -0.462 e. The molecule has 19 heteroatoms. The maximum atomic E-state index is 13.1. The van der Waals surface area contributed by atoms with Crippen molar-refractivity contribution < 1.29 is 80.2 Å². The molecular weight excluding hydrogens is 1310 g/mol. The molecule has 0 aliphatic rings. The largest absolute Gasteiger partial charge is 0.472 e. The van der Waals surface area contributed by atoms with E-state index in [4.69, 9.17) is 37.0 Å². The van der Waals surface area contributed by atoms with Gasteiger partial charge in [-0.05, 0) is 141 Å². The van der Waals surface area contributed by atoms with Crippen LogP contribution in [0.4, 0.5) is 0 Å². The monoisotopic (exact) mass is 1450 g/mol. The Morgan fingerprint density at radius 1 is 0.280 bits per heavy atom. The molecular formula is C81H144O17P2. The first-order valence-corrected chi connectivity index (χ1v) is 42.8.